The highest BCUT2D eigenvalue weighted by Gasteiger charge is 2.22. The van der Waals surface area contributed by atoms with Crippen LogP contribution < -0.4 is 10.1 Å². The number of hydrogen-bond acceptors (Lipinski definition) is 7. The SMILES string of the molecule is CCOC(=O)c1c(NC(=O)COC(=O)COc2ccc(Cl)cc2Cl)sc(C)c1C. The number of hydrogen-bond donors (Lipinski definition) is 1. The van der Waals surface area contributed by atoms with Crippen molar-refractivity contribution >= 4 is 57.4 Å². The van der Waals surface area contributed by atoms with Gasteiger partial charge in [-0.25, -0.2) is 9.59 Å². The molecule has 0 aliphatic rings. The minimum atomic E-state index is -0.754. The van der Waals surface area contributed by atoms with Crippen molar-refractivity contribution in [3.8, 4) is 5.75 Å². The second kappa shape index (κ2) is 10.5. The highest BCUT2D eigenvalue weighted by atomic mass is 35.5. The predicted molar refractivity (Wildman–Crippen MR) is 111 cm³/mol. The van der Waals surface area contributed by atoms with Gasteiger partial charge in [-0.15, -0.1) is 11.3 Å². The molecule has 2 aromatic rings. The molecule has 0 saturated heterocycles. The van der Waals surface area contributed by atoms with E-state index in [1.165, 1.54) is 23.5 Å². The summed E-state index contributed by atoms with van der Waals surface area (Å²) in [6, 6.07) is 4.56. The molecule has 1 amide bonds. The molecular formula is C19H19Cl2NO6S. The summed E-state index contributed by atoms with van der Waals surface area (Å²) in [5.41, 5.74) is 1.03. The van der Waals surface area contributed by atoms with Crippen LogP contribution in [-0.4, -0.2) is 37.7 Å². The Morgan fingerprint density at radius 3 is 2.48 bits per heavy atom. The highest BCUT2D eigenvalue weighted by molar-refractivity contribution is 7.16. The third-order valence-electron chi connectivity index (χ3n) is 3.72. The molecule has 156 valence electrons. The van der Waals surface area contributed by atoms with E-state index < -0.39 is 31.1 Å². The zero-order valence-corrected chi connectivity index (χ0v) is 18.3. The summed E-state index contributed by atoms with van der Waals surface area (Å²) in [4.78, 5) is 36.9. The standard InChI is InChI=1S/C19H19Cl2NO6S/c1-4-26-19(25)17-10(2)11(3)29-18(17)22-15(23)8-28-16(24)9-27-14-6-5-12(20)7-13(14)21/h5-7H,4,8-9H2,1-3H3,(H,22,23). The number of aryl methyl sites for hydroxylation is 1. The van der Waals surface area contributed by atoms with Crippen LogP contribution in [0.1, 0.15) is 27.7 Å². The molecule has 0 unspecified atom stereocenters. The molecule has 29 heavy (non-hydrogen) atoms. The van der Waals surface area contributed by atoms with Crippen molar-refractivity contribution in [1.82, 2.24) is 0 Å². The van der Waals surface area contributed by atoms with Crippen LogP contribution in [0.2, 0.25) is 10.0 Å². The van der Waals surface area contributed by atoms with Crippen molar-refractivity contribution in [3.05, 3.63) is 44.2 Å². The number of ether oxygens (including phenoxy) is 3. The maximum atomic E-state index is 12.1. The highest BCUT2D eigenvalue weighted by Crippen LogP contribution is 2.33. The molecule has 0 aliphatic carbocycles. The molecule has 0 bridgehead atoms. The van der Waals surface area contributed by atoms with Crippen molar-refractivity contribution in [3.63, 3.8) is 0 Å². The van der Waals surface area contributed by atoms with E-state index in [0.717, 1.165) is 10.4 Å². The Labute approximate surface area is 181 Å². The van der Waals surface area contributed by atoms with E-state index >= 15 is 0 Å². The predicted octanol–water partition coefficient (Wildman–Crippen LogP) is 4.41. The van der Waals surface area contributed by atoms with Crippen LogP contribution in [0.15, 0.2) is 18.2 Å². The summed E-state index contributed by atoms with van der Waals surface area (Å²) in [5.74, 6) is -1.60. The van der Waals surface area contributed by atoms with Crippen molar-refractivity contribution < 1.29 is 28.6 Å². The fourth-order valence-corrected chi connectivity index (χ4v) is 3.77. The van der Waals surface area contributed by atoms with Gasteiger partial charge in [-0.3, -0.25) is 4.79 Å². The molecule has 0 radical (unpaired) electrons. The molecule has 0 fully saturated rings. The first-order valence-corrected chi connectivity index (χ1v) is 10.1. The molecule has 1 aromatic heterocycles. The summed E-state index contributed by atoms with van der Waals surface area (Å²) in [7, 11) is 0. The van der Waals surface area contributed by atoms with E-state index in [-0.39, 0.29) is 17.4 Å². The van der Waals surface area contributed by atoms with Gasteiger partial charge >= 0.3 is 11.9 Å². The lowest BCUT2D eigenvalue weighted by Gasteiger charge is -2.09. The van der Waals surface area contributed by atoms with Gasteiger partial charge in [0.05, 0.1) is 17.2 Å². The molecular weight excluding hydrogens is 441 g/mol. The quantitative estimate of drug-likeness (QED) is 0.587. The topological polar surface area (TPSA) is 90.9 Å². The number of esters is 2. The van der Waals surface area contributed by atoms with Gasteiger partial charge in [0.1, 0.15) is 10.8 Å². The lowest BCUT2D eigenvalue weighted by molar-refractivity contribution is -0.149. The van der Waals surface area contributed by atoms with Crippen LogP contribution >= 0.6 is 34.5 Å². The van der Waals surface area contributed by atoms with Crippen molar-refractivity contribution in [2.75, 3.05) is 25.1 Å². The first-order valence-electron chi connectivity index (χ1n) is 8.53. The first-order chi connectivity index (χ1) is 13.7. The molecule has 10 heteroatoms. The Balaban J connectivity index is 1.89. The molecule has 0 spiro atoms. The molecule has 0 atom stereocenters. The number of halogens is 2. The van der Waals surface area contributed by atoms with Gasteiger partial charge in [0.15, 0.2) is 13.2 Å². The zero-order chi connectivity index (χ0) is 21.6. The molecule has 0 saturated carbocycles. The number of benzene rings is 1. The summed E-state index contributed by atoms with van der Waals surface area (Å²) in [6.45, 7) is 4.55. The molecule has 2 rings (SSSR count). The van der Waals surface area contributed by atoms with Crippen LogP contribution in [0.4, 0.5) is 5.00 Å². The number of anilines is 1. The van der Waals surface area contributed by atoms with Crippen LogP contribution in [0, 0.1) is 13.8 Å². The number of carbonyl (C=O) groups is 3. The number of nitrogens with one attached hydrogen (secondary N) is 1. The number of thiophene rings is 1. The van der Waals surface area contributed by atoms with E-state index in [2.05, 4.69) is 5.32 Å². The van der Waals surface area contributed by atoms with Crippen molar-refractivity contribution in [1.29, 1.82) is 0 Å². The van der Waals surface area contributed by atoms with Crippen LogP contribution in [0.5, 0.6) is 5.75 Å². The van der Waals surface area contributed by atoms with E-state index in [0.29, 0.717) is 15.6 Å². The van der Waals surface area contributed by atoms with E-state index in [1.54, 1.807) is 19.9 Å². The van der Waals surface area contributed by atoms with E-state index in [1.807, 2.05) is 6.92 Å². The second-order valence-electron chi connectivity index (χ2n) is 5.78. The lowest BCUT2D eigenvalue weighted by Crippen LogP contribution is -2.24. The smallest absolute Gasteiger partial charge is 0.344 e. The minimum Gasteiger partial charge on any atom is -0.480 e. The Bertz CT molecular complexity index is 928. The Hall–Kier alpha value is -2.29. The second-order valence-corrected chi connectivity index (χ2v) is 7.85. The van der Waals surface area contributed by atoms with Gasteiger partial charge < -0.3 is 19.5 Å². The Morgan fingerprint density at radius 2 is 1.83 bits per heavy atom. The minimum absolute atomic E-state index is 0.218. The normalized spacial score (nSPS) is 10.4. The van der Waals surface area contributed by atoms with Gasteiger partial charge in [0, 0.05) is 9.90 Å². The van der Waals surface area contributed by atoms with Gasteiger partial charge in [0.25, 0.3) is 5.91 Å². The Kier molecular flexibility index (Phi) is 8.31. The number of amides is 1. The molecule has 7 nitrogen and oxygen atoms in total. The Morgan fingerprint density at radius 1 is 1.10 bits per heavy atom. The van der Waals surface area contributed by atoms with Crippen LogP contribution in [0.3, 0.4) is 0 Å². The maximum Gasteiger partial charge on any atom is 0.344 e. The lowest BCUT2D eigenvalue weighted by atomic mass is 10.1. The fourth-order valence-electron chi connectivity index (χ4n) is 2.24. The summed E-state index contributed by atoms with van der Waals surface area (Å²) in [5, 5.41) is 3.61. The number of rotatable bonds is 8. The third kappa shape index (κ3) is 6.35. The van der Waals surface area contributed by atoms with Crippen LogP contribution in [-0.2, 0) is 19.1 Å². The molecule has 1 heterocycles. The largest absolute Gasteiger partial charge is 0.480 e. The average Bonchev–Trinajstić information content (AvgIpc) is 2.93. The van der Waals surface area contributed by atoms with Crippen molar-refractivity contribution in [2.45, 2.75) is 20.8 Å². The first kappa shape index (κ1) is 23.0. The van der Waals surface area contributed by atoms with Gasteiger partial charge in [0.2, 0.25) is 0 Å². The summed E-state index contributed by atoms with van der Waals surface area (Å²) >= 11 is 13.0. The van der Waals surface area contributed by atoms with Gasteiger partial charge in [-0.2, -0.15) is 0 Å². The molecule has 0 aliphatic heterocycles. The summed E-state index contributed by atoms with van der Waals surface area (Å²) in [6.07, 6.45) is 0. The molecule has 1 aromatic carbocycles. The third-order valence-corrected chi connectivity index (χ3v) is 5.37. The average molecular weight is 460 g/mol. The van der Waals surface area contributed by atoms with Gasteiger partial charge in [-0.1, -0.05) is 23.2 Å². The number of carbonyl (C=O) groups excluding carboxylic acids is 3. The fraction of sp³-hybridized carbons (Fsp3) is 0.316. The zero-order valence-electron chi connectivity index (χ0n) is 16.0. The molecule has 1 N–H and O–H groups in total. The maximum absolute atomic E-state index is 12.1. The monoisotopic (exact) mass is 459 g/mol. The summed E-state index contributed by atoms with van der Waals surface area (Å²) < 4.78 is 15.2. The van der Waals surface area contributed by atoms with Crippen molar-refractivity contribution in [2.24, 2.45) is 0 Å². The van der Waals surface area contributed by atoms with Gasteiger partial charge in [-0.05, 0) is 44.5 Å². The van der Waals surface area contributed by atoms with Crippen LogP contribution in [0.25, 0.3) is 0 Å². The van der Waals surface area contributed by atoms with E-state index in [9.17, 15) is 14.4 Å². The van der Waals surface area contributed by atoms with E-state index in [4.69, 9.17) is 37.4 Å².